The van der Waals surface area contributed by atoms with Gasteiger partial charge in [-0.2, -0.15) is 13.2 Å². The van der Waals surface area contributed by atoms with Crippen LogP contribution >= 0.6 is 0 Å². The van der Waals surface area contributed by atoms with Crippen LogP contribution < -0.4 is 10.2 Å². The van der Waals surface area contributed by atoms with E-state index in [-0.39, 0.29) is 30.4 Å². The molecule has 2 heterocycles. The van der Waals surface area contributed by atoms with Crippen molar-refractivity contribution in [2.24, 2.45) is 5.92 Å². The summed E-state index contributed by atoms with van der Waals surface area (Å²) < 4.78 is 54.9. The summed E-state index contributed by atoms with van der Waals surface area (Å²) in [6.07, 6.45) is -0.502. The fourth-order valence-electron chi connectivity index (χ4n) is 4.01. The highest BCUT2D eigenvalue weighted by molar-refractivity contribution is 5.93. The summed E-state index contributed by atoms with van der Waals surface area (Å²) in [4.78, 5) is 24.9. The van der Waals surface area contributed by atoms with Crippen molar-refractivity contribution in [2.45, 2.75) is 19.0 Å². The number of nitro benzene ring substituents is 1. The first-order chi connectivity index (χ1) is 16.1. The van der Waals surface area contributed by atoms with Gasteiger partial charge in [0.25, 0.3) is 5.69 Å². The molecule has 0 spiro atoms. The second kappa shape index (κ2) is 9.16. The zero-order valence-corrected chi connectivity index (χ0v) is 17.8. The van der Waals surface area contributed by atoms with E-state index in [1.54, 1.807) is 27.9 Å². The van der Waals surface area contributed by atoms with Crippen molar-refractivity contribution in [2.75, 3.05) is 23.3 Å². The highest BCUT2D eigenvalue weighted by Gasteiger charge is 2.35. The lowest BCUT2D eigenvalue weighted by Gasteiger charge is -2.32. The number of nitro groups is 1. The van der Waals surface area contributed by atoms with Crippen LogP contribution in [0.2, 0.25) is 0 Å². The molecule has 34 heavy (non-hydrogen) atoms. The molecule has 1 fully saturated rings. The first-order valence-electron chi connectivity index (χ1n) is 10.5. The summed E-state index contributed by atoms with van der Waals surface area (Å²) in [5.74, 6) is -1.44. The Kier molecular flexibility index (Phi) is 6.27. The minimum atomic E-state index is -4.69. The van der Waals surface area contributed by atoms with E-state index in [0.717, 1.165) is 12.1 Å². The van der Waals surface area contributed by atoms with Gasteiger partial charge >= 0.3 is 6.18 Å². The number of hydrogen-bond donors (Lipinski definition) is 1. The zero-order chi connectivity index (χ0) is 24.5. The standard InChI is InChI=1S/C23H20F4N4O3/c24-18-5-4-17(29-9-1-2-10-29)14-19(18)28-22(32)15-7-11-30(12-8-15)20-6-3-16(23(25,26)27)13-21(20)31(33)34/h1-6,9-10,13-15H,7-8,11-12H2,(H,28,32). The van der Waals surface area contributed by atoms with Gasteiger partial charge in [-0.15, -0.1) is 0 Å². The summed E-state index contributed by atoms with van der Waals surface area (Å²) in [5.41, 5.74) is -0.950. The fraction of sp³-hybridized carbons (Fsp3) is 0.261. The third-order valence-corrected chi connectivity index (χ3v) is 5.82. The Hall–Kier alpha value is -3.89. The molecule has 1 amide bonds. The quantitative estimate of drug-likeness (QED) is 0.304. The van der Waals surface area contributed by atoms with Gasteiger partial charge in [0.1, 0.15) is 11.5 Å². The molecule has 4 rings (SSSR count). The molecular weight excluding hydrogens is 456 g/mol. The molecule has 0 radical (unpaired) electrons. The van der Waals surface area contributed by atoms with E-state index in [4.69, 9.17) is 0 Å². The van der Waals surface area contributed by atoms with Crippen LogP contribution in [0.3, 0.4) is 0 Å². The van der Waals surface area contributed by atoms with Crippen molar-refractivity contribution in [1.29, 1.82) is 0 Å². The molecule has 11 heteroatoms. The van der Waals surface area contributed by atoms with Crippen molar-refractivity contribution < 1.29 is 27.3 Å². The number of hydrogen-bond acceptors (Lipinski definition) is 4. The Balaban J connectivity index is 1.44. The van der Waals surface area contributed by atoms with E-state index < -0.39 is 34.1 Å². The van der Waals surface area contributed by atoms with E-state index in [0.29, 0.717) is 24.6 Å². The van der Waals surface area contributed by atoms with Gasteiger partial charge in [0.15, 0.2) is 0 Å². The number of anilines is 2. The molecule has 0 saturated carbocycles. The number of piperidine rings is 1. The van der Waals surface area contributed by atoms with Crippen LogP contribution in [-0.4, -0.2) is 28.5 Å². The molecule has 1 aromatic heterocycles. The van der Waals surface area contributed by atoms with Crippen LogP contribution in [0.1, 0.15) is 18.4 Å². The summed E-state index contributed by atoms with van der Waals surface area (Å²) >= 11 is 0. The monoisotopic (exact) mass is 476 g/mol. The van der Waals surface area contributed by atoms with Crippen molar-refractivity contribution in [3.63, 3.8) is 0 Å². The van der Waals surface area contributed by atoms with E-state index in [1.165, 1.54) is 12.1 Å². The Bertz CT molecular complexity index is 1200. The van der Waals surface area contributed by atoms with Gasteiger partial charge in [-0.25, -0.2) is 4.39 Å². The molecule has 178 valence electrons. The van der Waals surface area contributed by atoms with Crippen molar-refractivity contribution in [3.8, 4) is 5.69 Å². The fourth-order valence-corrected chi connectivity index (χ4v) is 4.01. The number of carbonyl (C=O) groups excluding carboxylic acids is 1. The lowest BCUT2D eigenvalue weighted by molar-refractivity contribution is -0.384. The lowest BCUT2D eigenvalue weighted by atomic mass is 9.95. The number of amides is 1. The van der Waals surface area contributed by atoms with Gasteiger partial charge < -0.3 is 14.8 Å². The SMILES string of the molecule is O=C(Nc1cc(-n2cccc2)ccc1F)C1CCN(c2ccc(C(F)(F)F)cc2[N+](=O)[O-])CC1. The Morgan fingerprint density at radius 1 is 1.06 bits per heavy atom. The van der Waals surface area contributed by atoms with Gasteiger partial charge in [0.2, 0.25) is 5.91 Å². The van der Waals surface area contributed by atoms with E-state index >= 15 is 0 Å². The summed E-state index contributed by atoms with van der Waals surface area (Å²) in [5, 5.41) is 14.0. The van der Waals surface area contributed by atoms with Gasteiger partial charge in [-0.05, 0) is 55.3 Å². The topological polar surface area (TPSA) is 80.4 Å². The van der Waals surface area contributed by atoms with Crippen molar-refractivity contribution >= 4 is 23.0 Å². The molecule has 1 saturated heterocycles. The maximum atomic E-state index is 14.3. The molecular formula is C23H20F4N4O3. The maximum absolute atomic E-state index is 14.3. The second-order valence-corrected chi connectivity index (χ2v) is 7.96. The largest absolute Gasteiger partial charge is 0.416 e. The predicted octanol–water partition coefficient (Wildman–Crippen LogP) is 5.40. The number of benzene rings is 2. The molecule has 1 N–H and O–H groups in total. The zero-order valence-electron chi connectivity index (χ0n) is 17.8. The second-order valence-electron chi connectivity index (χ2n) is 7.96. The highest BCUT2D eigenvalue weighted by atomic mass is 19.4. The average molecular weight is 476 g/mol. The number of nitrogens with zero attached hydrogens (tertiary/aromatic N) is 3. The van der Waals surface area contributed by atoms with Crippen LogP contribution in [0.5, 0.6) is 0 Å². The molecule has 7 nitrogen and oxygen atoms in total. The van der Waals surface area contributed by atoms with Crippen molar-refractivity contribution in [3.05, 3.63) is 82.4 Å². The number of alkyl halides is 3. The smallest absolute Gasteiger partial charge is 0.366 e. The summed E-state index contributed by atoms with van der Waals surface area (Å²) in [7, 11) is 0. The number of aromatic nitrogens is 1. The number of nitrogens with one attached hydrogen (secondary N) is 1. The number of halogens is 4. The average Bonchev–Trinajstić information content (AvgIpc) is 3.34. The summed E-state index contributed by atoms with van der Waals surface area (Å²) in [6, 6.07) is 10.4. The highest BCUT2D eigenvalue weighted by Crippen LogP contribution is 2.37. The third kappa shape index (κ3) is 4.87. The molecule has 1 aliphatic rings. The molecule has 0 bridgehead atoms. The molecule has 2 aromatic carbocycles. The first kappa shape index (κ1) is 23.3. The Labute approximate surface area is 191 Å². The molecule has 0 unspecified atom stereocenters. The van der Waals surface area contributed by atoms with Gasteiger partial charge in [0, 0.05) is 43.2 Å². The Morgan fingerprint density at radius 3 is 2.35 bits per heavy atom. The van der Waals surface area contributed by atoms with Crippen LogP contribution in [0.15, 0.2) is 60.9 Å². The Morgan fingerprint density at radius 2 is 1.74 bits per heavy atom. The minimum absolute atomic E-state index is 0.0389. The third-order valence-electron chi connectivity index (χ3n) is 5.82. The van der Waals surface area contributed by atoms with Gasteiger partial charge in [0.05, 0.1) is 16.2 Å². The van der Waals surface area contributed by atoms with Crippen LogP contribution in [-0.2, 0) is 11.0 Å². The first-order valence-corrected chi connectivity index (χ1v) is 10.5. The van der Waals surface area contributed by atoms with Gasteiger partial charge in [-0.1, -0.05) is 0 Å². The molecule has 0 aliphatic carbocycles. The van der Waals surface area contributed by atoms with Crippen LogP contribution in [0.4, 0.5) is 34.6 Å². The summed E-state index contributed by atoms with van der Waals surface area (Å²) in [6.45, 7) is 0.465. The van der Waals surface area contributed by atoms with E-state index in [2.05, 4.69) is 5.32 Å². The lowest BCUT2D eigenvalue weighted by Crippen LogP contribution is -2.38. The number of rotatable bonds is 5. The molecule has 3 aromatic rings. The van der Waals surface area contributed by atoms with Gasteiger partial charge in [-0.3, -0.25) is 14.9 Å². The molecule has 0 atom stereocenters. The van der Waals surface area contributed by atoms with E-state index in [1.807, 2.05) is 12.1 Å². The molecule has 1 aliphatic heterocycles. The van der Waals surface area contributed by atoms with Crippen LogP contribution in [0.25, 0.3) is 5.69 Å². The maximum Gasteiger partial charge on any atom is 0.416 e. The van der Waals surface area contributed by atoms with Crippen LogP contribution in [0, 0.1) is 21.8 Å². The van der Waals surface area contributed by atoms with E-state index in [9.17, 15) is 32.5 Å². The number of carbonyl (C=O) groups is 1. The van der Waals surface area contributed by atoms with Crippen molar-refractivity contribution in [1.82, 2.24) is 4.57 Å². The minimum Gasteiger partial charge on any atom is -0.366 e. The normalized spacial score (nSPS) is 14.8. The predicted molar refractivity (Wildman–Crippen MR) is 117 cm³/mol.